The third-order valence-corrected chi connectivity index (χ3v) is 6.73. The summed E-state index contributed by atoms with van der Waals surface area (Å²) in [6, 6.07) is 17.4. The first-order chi connectivity index (χ1) is 14.6. The van der Waals surface area contributed by atoms with E-state index in [9.17, 15) is 5.11 Å². The lowest BCUT2D eigenvalue weighted by Crippen LogP contribution is -2.05. The first kappa shape index (κ1) is 19.0. The van der Waals surface area contributed by atoms with Crippen molar-refractivity contribution in [3.8, 4) is 10.8 Å². The largest absolute Gasteiger partial charge is 0.508 e. The molecule has 0 spiro atoms. The zero-order chi connectivity index (χ0) is 20.7. The molecule has 2 aromatic carbocycles. The summed E-state index contributed by atoms with van der Waals surface area (Å²) in [4.78, 5) is 6.14. The zero-order valence-corrected chi connectivity index (χ0v) is 17.9. The predicted octanol–water partition coefficient (Wildman–Crippen LogP) is 5.13. The SMILES string of the molecule is Cc1nnc2n1-c1sc(CCc3ccc(O)cc3)cc1C(c1ccccc1Cl)=NC2. The highest BCUT2D eigenvalue weighted by molar-refractivity contribution is 7.15. The van der Waals surface area contributed by atoms with Gasteiger partial charge in [0.15, 0.2) is 5.82 Å². The van der Waals surface area contributed by atoms with E-state index in [0.717, 1.165) is 46.3 Å². The lowest BCUT2D eigenvalue weighted by Gasteiger charge is -2.08. The summed E-state index contributed by atoms with van der Waals surface area (Å²) in [7, 11) is 0. The van der Waals surface area contributed by atoms with Crippen LogP contribution in [-0.4, -0.2) is 25.6 Å². The molecule has 0 bridgehead atoms. The topological polar surface area (TPSA) is 63.3 Å². The van der Waals surface area contributed by atoms with Crippen LogP contribution in [0.15, 0.2) is 59.6 Å². The van der Waals surface area contributed by atoms with E-state index in [2.05, 4.69) is 20.8 Å². The first-order valence-electron chi connectivity index (χ1n) is 9.72. The van der Waals surface area contributed by atoms with E-state index in [1.54, 1.807) is 23.5 Å². The van der Waals surface area contributed by atoms with Gasteiger partial charge in [0.2, 0.25) is 0 Å². The number of aryl methyl sites for hydroxylation is 3. The number of nitrogens with zero attached hydrogens (tertiary/aromatic N) is 4. The van der Waals surface area contributed by atoms with E-state index >= 15 is 0 Å². The molecule has 0 saturated carbocycles. The predicted molar refractivity (Wildman–Crippen MR) is 120 cm³/mol. The summed E-state index contributed by atoms with van der Waals surface area (Å²) in [6.07, 6.45) is 1.79. The number of hydrogen-bond donors (Lipinski definition) is 1. The lowest BCUT2D eigenvalue weighted by molar-refractivity contribution is 0.475. The van der Waals surface area contributed by atoms with Gasteiger partial charge in [0.05, 0.1) is 5.71 Å². The zero-order valence-electron chi connectivity index (χ0n) is 16.3. The van der Waals surface area contributed by atoms with Crippen LogP contribution in [0.1, 0.15) is 33.2 Å². The molecule has 1 aliphatic heterocycles. The molecule has 0 saturated heterocycles. The van der Waals surface area contributed by atoms with E-state index in [4.69, 9.17) is 16.6 Å². The van der Waals surface area contributed by atoms with E-state index in [0.29, 0.717) is 11.6 Å². The van der Waals surface area contributed by atoms with E-state index in [1.165, 1.54) is 10.4 Å². The Morgan fingerprint density at radius 2 is 1.83 bits per heavy atom. The molecule has 0 unspecified atom stereocenters. The number of fused-ring (bicyclic) bond motifs is 3. The minimum absolute atomic E-state index is 0.290. The number of phenols is 1. The standard InChI is InChI=1S/C23H19ClN4OS/c1-14-26-27-21-13-25-22(18-4-2-3-5-20(18)24)19-12-17(30-23(19)28(14)21)11-8-15-6-9-16(29)10-7-15/h2-7,9-10,12,29H,8,11,13H2,1H3. The van der Waals surface area contributed by atoms with Crippen LogP contribution in [-0.2, 0) is 19.4 Å². The van der Waals surface area contributed by atoms with E-state index in [1.807, 2.05) is 43.3 Å². The number of rotatable bonds is 4. The Hall–Kier alpha value is -2.96. The van der Waals surface area contributed by atoms with Gasteiger partial charge >= 0.3 is 0 Å². The van der Waals surface area contributed by atoms with Crippen molar-refractivity contribution >= 4 is 28.6 Å². The number of halogens is 1. The Kier molecular flexibility index (Phi) is 4.89. The molecular weight excluding hydrogens is 416 g/mol. The second-order valence-corrected chi connectivity index (χ2v) is 8.76. The molecule has 5 nitrogen and oxygen atoms in total. The Bertz CT molecular complexity index is 1260. The highest BCUT2D eigenvalue weighted by Crippen LogP contribution is 2.35. The third kappa shape index (κ3) is 3.42. The molecule has 7 heteroatoms. The smallest absolute Gasteiger partial charge is 0.160 e. The Balaban J connectivity index is 1.57. The van der Waals surface area contributed by atoms with Crippen molar-refractivity contribution in [1.82, 2.24) is 14.8 Å². The Morgan fingerprint density at radius 1 is 1.03 bits per heavy atom. The van der Waals surface area contributed by atoms with Gasteiger partial charge in [-0.05, 0) is 49.6 Å². The van der Waals surface area contributed by atoms with E-state index in [-0.39, 0.29) is 5.75 Å². The van der Waals surface area contributed by atoms with Crippen LogP contribution in [0, 0.1) is 6.92 Å². The minimum atomic E-state index is 0.290. The molecule has 2 aromatic heterocycles. The van der Waals surface area contributed by atoms with Crippen molar-refractivity contribution in [2.45, 2.75) is 26.3 Å². The second kappa shape index (κ2) is 7.70. The molecule has 1 N–H and O–H groups in total. The van der Waals surface area contributed by atoms with Gasteiger partial charge in [-0.2, -0.15) is 0 Å². The van der Waals surface area contributed by atoms with Crippen molar-refractivity contribution in [3.63, 3.8) is 0 Å². The maximum absolute atomic E-state index is 9.50. The lowest BCUT2D eigenvalue weighted by atomic mass is 10.0. The van der Waals surface area contributed by atoms with Gasteiger partial charge in [-0.1, -0.05) is 41.9 Å². The third-order valence-electron chi connectivity index (χ3n) is 5.22. The van der Waals surface area contributed by atoms with Gasteiger partial charge < -0.3 is 5.11 Å². The van der Waals surface area contributed by atoms with Crippen molar-refractivity contribution < 1.29 is 5.11 Å². The molecule has 1 aliphatic rings. The number of hydrogen-bond acceptors (Lipinski definition) is 5. The normalized spacial score (nSPS) is 12.8. The highest BCUT2D eigenvalue weighted by atomic mass is 35.5. The molecule has 0 fully saturated rings. The summed E-state index contributed by atoms with van der Waals surface area (Å²) in [6.45, 7) is 2.43. The van der Waals surface area contributed by atoms with Gasteiger partial charge in [0.1, 0.15) is 23.1 Å². The summed E-state index contributed by atoms with van der Waals surface area (Å²) in [5.74, 6) is 1.98. The molecule has 0 aliphatic carbocycles. The molecular formula is C23H19ClN4OS. The van der Waals surface area contributed by atoms with Gasteiger partial charge in [0.25, 0.3) is 0 Å². The van der Waals surface area contributed by atoms with Gasteiger partial charge in [-0.3, -0.25) is 9.56 Å². The number of phenolic OH excluding ortho intramolecular Hbond substituents is 1. The molecule has 5 rings (SSSR count). The van der Waals surface area contributed by atoms with Crippen LogP contribution in [0.3, 0.4) is 0 Å². The number of aromatic hydroxyl groups is 1. The van der Waals surface area contributed by atoms with Crippen LogP contribution in [0.2, 0.25) is 5.02 Å². The average molecular weight is 435 g/mol. The quantitative estimate of drug-likeness (QED) is 0.484. The minimum Gasteiger partial charge on any atom is -0.508 e. The number of benzene rings is 2. The van der Waals surface area contributed by atoms with Crippen molar-refractivity contribution in [1.29, 1.82) is 0 Å². The molecule has 150 valence electrons. The maximum Gasteiger partial charge on any atom is 0.160 e. The number of aliphatic imine (C=N–C) groups is 1. The second-order valence-electron chi connectivity index (χ2n) is 7.24. The van der Waals surface area contributed by atoms with Gasteiger partial charge in [-0.25, -0.2) is 0 Å². The first-order valence-corrected chi connectivity index (χ1v) is 10.9. The number of thiophene rings is 1. The fourth-order valence-corrected chi connectivity index (χ4v) is 5.16. The van der Waals surface area contributed by atoms with Crippen molar-refractivity contribution in [2.75, 3.05) is 0 Å². The summed E-state index contributed by atoms with van der Waals surface area (Å²) < 4.78 is 2.11. The molecule has 3 heterocycles. The molecule has 0 radical (unpaired) electrons. The average Bonchev–Trinajstić information content (AvgIpc) is 3.28. The van der Waals surface area contributed by atoms with E-state index < -0.39 is 0 Å². The molecule has 4 aromatic rings. The summed E-state index contributed by atoms with van der Waals surface area (Å²) in [5, 5.41) is 19.9. The fraction of sp³-hybridized carbons (Fsp3) is 0.174. The Morgan fingerprint density at radius 3 is 2.63 bits per heavy atom. The van der Waals surface area contributed by atoms with Crippen molar-refractivity contribution in [2.24, 2.45) is 4.99 Å². The Labute approximate surface area is 183 Å². The summed E-state index contributed by atoms with van der Waals surface area (Å²) in [5.41, 5.74) is 4.08. The van der Waals surface area contributed by atoms with Crippen molar-refractivity contribution in [3.05, 3.63) is 92.8 Å². The van der Waals surface area contributed by atoms with Crippen LogP contribution < -0.4 is 0 Å². The maximum atomic E-state index is 9.50. The monoisotopic (exact) mass is 434 g/mol. The highest BCUT2D eigenvalue weighted by Gasteiger charge is 2.25. The van der Waals surface area contributed by atoms with Crippen LogP contribution in [0.4, 0.5) is 0 Å². The van der Waals surface area contributed by atoms with Crippen LogP contribution >= 0.6 is 22.9 Å². The number of aromatic nitrogens is 3. The molecule has 30 heavy (non-hydrogen) atoms. The molecule has 0 amide bonds. The van der Waals surface area contributed by atoms with Crippen LogP contribution in [0.5, 0.6) is 5.75 Å². The molecule has 0 atom stereocenters. The van der Waals surface area contributed by atoms with Crippen LogP contribution in [0.25, 0.3) is 5.00 Å². The summed E-state index contributed by atoms with van der Waals surface area (Å²) >= 11 is 8.27. The fourth-order valence-electron chi connectivity index (χ4n) is 3.71. The van der Waals surface area contributed by atoms with Gasteiger partial charge in [0, 0.05) is 21.0 Å². The van der Waals surface area contributed by atoms with Gasteiger partial charge in [-0.15, -0.1) is 21.5 Å².